The van der Waals surface area contributed by atoms with E-state index in [0.29, 0.717) is 16.5 Å². The summed E-state index contributed by atoms with van der Waals surface area (Å²) >= 11 is 1.45. The number of primary amides is 1. The van der Waals surface area contributed by atoms with Crippen molar-refractivity contribution in [2.45, 2.75) is 36.4 Å². The van der Waals surface area contributed by atoms with Gasteiger partial charge < -0.3 is 11.1 Å². The highest BCUT2D eigenvalue weighted by Crippen LogP contribution is 2.27. The molecule has 0 saturated heterocycles. The lowest BCUT2D eigenvalue weighted by Crippen LogP contribution is -2.39. The molecule has 0 aliphatic carbocycles. The van der Waals surface area contributed by atoms with Crippen LogP contribution in [0.15, 0.2) is 75.8 Å². The minimum Gasteiger partial charge on any atom is -0.368 e. The quantitative estimate of drug-likeness (QED) is 0.562. The van der Waals surface area contributed by atoms with Gasteiger partial charge in [0, 0.05) is 28.4 Å². The van der Waals surface area contributed by atoms with Gasteiger partial charge in [-0.25, -0.2) is 9.97 Å². The van der Waals surface area contributed by atoms with Crippen LogP contribution in [0.3, 0.4) is 0 Å². The fourth-order valence-electron chi connectivity index (χ4n) is 3.34. The van der Waals surface area contributed by atoms with E-state index in [1.54, 1.807) is 12.1 Å². The Morgan fingerprint density at radius 1 is 1.03 bits per heavy atom. The Labute approximate surface area is 189 Å². The average Bonchev–Trinajstić information content (AvgIpc) is 3.21. The number of nitrogens with zero attached hydrogens (tertiary/aromatic N) is 4. The van der Waals surface area contributed by atoms with Crippen molar-refractivity contribution in [3.63, 3.8) is 0 Å². The van der Waals surface area contributed by atoms with E-state index in [2.05, 4.69) is 20.4 Å². The number of nitrogens with two attached hydrogens (primary N) is 1. The standard InChI is InChI=1S/C23H22N6O2S/c1-14-12-15(2)26-23(25-14)32-18-10-8-16(9-11-18)27-22(31)19-13-20(21(24)30)29(28-19)17-6-4-3-5-7-17/h3-12,20H,13H2,1-2H3,(H2,24,30)(H,27,31)/t20-/m1/s1. The van der Waals surface area contributed by atoms with E-state index in [-0.39, 0.29) is 18.0 Å². The van der Waals surface area contributed by atoms with Gasteiger partial charge in [-0.1, -0.05) is 18.2 Å². The Morgan fingerprint density at radius 2 is 1.69 bits per heavy atom. The SMILES string of the molecule is Cc1cc(C)nc(Sc2ccc(NC(=O)C3=NN(c4ccccc4)[C@@H](C(N)=O)C3)cc2)n1. The monoisotopic (exact) mass is 446 g/mol. The number of hydrogen-bond donors (Lipinski definition) is 2. The summed E-state index contributed by atoms with van der Waals surface area (Å²) in [5, 5.41) is 9.38. The van der Waals surface area contributed by atoms with Crippen LogP contribution in [0, 0.1) is 13.8 Å². The number of hydrogen-bond acceptors (Lipinski definition) is 7. The maximum Gasteiger partial charge on any atom is 0.271 e. The summed E-state index contributed by atoms with van der Waals surface area (Å²) in [6.45, 7) is 3.87. The van der Waals surface area contributed by atoms with Gasteiger partial charge in [0.15, 0.2) is 5.16 Å². The molecule has 0 unspecified atom stereocenters. The maximum absolute atomic E-state index is 12.8. The molecule has 0 fully saturated rings. The first kappa shape index (κ1) is 21.5. The molecule has 1 atom stereocenters. The van der Waals surface area contributed by atoms with E-state index >= 15 is 0 Å². The summed E-state index contributed by atoms with van der Waals surface area (Å²) in [6.07, 6.45) is 0.147. The third kappa shape index (κ3) is 4.94. The molecular weight excluding hydrogens is 424 g/mol. The lowest BCUT2D eigenvalue weighted by atomic mass is 10.1. The first-order chi connectivity index (χ1) is 15.4. The van der Waals surface area contributed by atoms with Crippen LogP contribution in [0.2, 0.25) is 0 Å². The Hall–Kier alpha value is -3.72. The summed E-state index contributed by atoms with van der Waals surface area (Å²) in [4.78, 5) is 34.5. The first-order valence-electron chi connectivity index (χ1n) is 10.0. The summed E-state index contributed by atoms with van der Waals surface area (Å²) < 4.78 is 0. The molecule has 0 radical (unpaired) electrons. The molecule has 0 spiro atoms. The van der Waals surface area contributed by atoms with Crippen molar-refractivity contribution in [3.05, 3.63) is 72.1 Å². The molecule has 1 aliphatic heterocycles. The van der Waals surface area contributed by atoms with Gasteiger partial charge in [0.05, 0.1) is 5.69 Å². The Kier molecular flexibility index (Phi) is 6.18. The van der Waals surface area contributed by atoms with E-state index in [9.17, 15) is 9.59 Å². The van der Waals surface area contributed by atoms with Crippen LogP contribution in [-0.4, -0.2) is 33.5 Å². The number of benzene rings is 2. The largest absolute Gasteiger partial charge is 0.368 e. The molecule has 2 heterocycles. The molecule has 32 heavy (non-hydrogen) atoms. The van der Waals surface area contributed by atoms with Crippen molar-refractivity contribution >= 4 is 40.7 Å². The Morgan fingerprint density at radius 3 is 2.31 bits per heavy atom. The molecule has 3 aromatic rings. The fourth-order valence-corrected chi connectivity index (χ4v) is 4.20. The third-order valence-electron chi connectivity index (χ3n) is 4.80. The van der Waals surface area contributed by atoms with Crippen molar-refractivity contribution in [2.75, 3.05) is 10.3 Å². The number of para-hydroxylation sites is 1. The van der Waals surface area contributed by atoms with Crippen molar-refractivity contribution in [2.24, 2.45) is 10.8 Å². The van der Waals surface area contributed by atoms with Crippen molar-refractivity contribution in [3.8, 4) is 0 Å². The van der Waals surface area contributed by atoms with E-state index in [0.717, 1.165) is 16.3 Å². The Balaban J connectivity index is 1.45. The molecule has 9 heteroatoms. The smallest absolute Gasteiger partial charge is 0.271 e. The van der Waals surface area contributed by atoms with E-state index < -0.39 is 11.9 Å². The number of aryl methyl sites for hydroxylation is 2. The molecule has 0 saturated carbocycles. The van der Waals surface area contributed by atoms with E-state index in [1.165, 1.54) is 16.8 Å². The highest BCUT2D eigenvalue weighted by Gasteiger charge is 2.34. The zero-order valence-electron chi connectivity index (χ0n) is 17.6. The van der Waals surface area contributed by atoms with E-state index in [1.807, 2.05) is 62.4 Å². The molecule has 2 amide bonds. The molecule has 2 aromatic carbocycles. The summed E-state index contributed by atoms with van der Waals surface area (Å²) in [7, 11) is 0. The van der Waals surface area contributed by atoms with Gasteiger partial charge in [0.1, 0.15) is 11.8 Å². The molecule has 1 aliphatic rings. The zero-order chi connectivity index (χ0) is 22.7. The lowest BCUT2D eigenvalue weighted by molar-refractivity contribution is -0.119. The van der Waals surface area contributed by atoms with Gasteiger partial charge in [0.2, 0.25) is 5.91 Å². The lowest BCUT2D eigenvalue weighted by Gasteiger charge is -2.20. The second-order valence-electron chi connectivity index (χ2n) is 7.36. The van der Waals surface area contributed by atoms with Crippen LogP contribution in [0.1, 0.15) is 17.8 Å². The topological polar surface area (TPSA) is 114 Å². The number of anilines is 2. The summed E-state index contributed by atoms with van der Waals surface area (Å²) in [6, 6.07) is 17.8. The van der Waals surface area contributed by atoms with Gasteiger partial charge in [0.25, 0.3) is 5.91 Å². The first-order valence-corrected chi connectivity index (χ1v) is 10.8. The molecule has 4 rings (SSSR count). The minimum absolute atomic E-state index is 0.147. The second kappa shape index (κ2) is 9.19. The number of hydrazone groups is 1. The van der Waals surface area contributed by atoms with Gasteiger partial charge in [-0.05, 0) is 68.1 Å². The predicted molar refractivity (Wildman–Crippen MR) is 125 cm³/mol. The van der Waals surface area contributed by atoms with Crippen molar-refractivity contribution in [1.82, 2.24) is 9.97 Å². The number of nitrogens with one attached hydrogen (secondary N) is 1. The van der Waals surface area contributed by atoms with Gasteiger partial charge in [-0.3, -0.25) is 14.6 Å². The van der Waals surface area contributed by atoms with Crippen molar-refractivity contribution in [1.29, 1.82) is 0 Å². The number of aromatic nitrogens is 2. The molecule has 1 aromatic heterocycles. The summed E-state index contributed by atoms with van der Waals surface area (Å²) in [5.41, 5.74) is 8.95. The predicted octanol–water partition coefficient (Wildman–Crippen LogP) is 3.30. The van der Waals surface area contributed by atoms with Gasteiger partial charge in [-0.15, -0.1) is 0 Å². The molecule has 162 valence electrons. The molecule has 0 bridgehead atoms. The maximum atomic E-state index is 12.8. The average molecular weight is 447 g/mol. The number of rotatable bonds is 6. The highest BCUT2D eigenvalue weighted by atomic mass is 32.2. The molecular formula is C23H22N6O2S. The fraction of sp³-hybridized carbons (Fsp3) is 0.174. The third-order valence-corrected chi connectivity index (χ3v) is 5.68. The van der Waals surface area contributed by atoms with Crippen LogP contribution in [0.25, 0.3) is 0 Å². The molecule has 3 N–H and O–H groups in total. The molecule has 8 nitrogen and oxygen atoms in total. The number of amides is 2. The normalized spacial score (nSPS) is 15.4. The van der Waals surface area contributed by atoms with Gasteiger partial charge in [-0.2, -0.15) is 5.10 Å². The number of carbonyl (C=O) groups excluding carboxylic acids is 2. The second-order valence-corrected chi connectivity index (χ2v) is 8.40. The van der Waals surface area contributed by atoms with Gasteiger partial charge >= 0.3 is 0 Å². The van der Waals surface area contributed by atoms with Crippen LogP contribution in [-0.2, 0) is 9.59 Å². The van der Waals surface area contributed by atoms with Crippen LogP contribution < -0.4 is 16.1 Å². The van der Waals surface area contributed by atoms with E-state index in [4.69, 9.17) is 5.73 Å². The van der Waals surface area contributed by atoms with Crippen LogP contribution in [0.5, 0.6) is 0 Å². The van der Waals surface area contributed by atoms with Crippen LogP contribution in [0.4, 0.5) is 11.4 Å². The van der Waals surface area contributed by atoms with Crippen molar-refractivity contribution < 1.29 is 9.59 Å². The minimum atomic E-state index is -0.699. The summed E-state index contributed by atoms with van der Waals surface area (Å²) in [5.74, 6) is -0.900. The zero-order valence-corrected chi connectivity index (χ0v) is 18.5. The number of carbonyl (C=O) groups is 2. The highest BCUT2D eigenvalue weighted by molar-refractivity contribution is 7.99. The van der Waals surface area contributed by atoms with Crippen LogP contribution >= 0.6 is 11.8 Å². The Bertz CT molecular complexity index is 1160.